The van der Waals surface area contributed by atoms with Gasteiger partial charge in [-0.25, -0.2) is 4.79 Å². The predicted octanol–water partition coefficient (Wildman–Crippen LogP) is 2.81. The van der Waals surface area contributed by atoms with Crippen molar-refractivity contribution in [3.05, 3.63) is 23.2 Å². The van der Waals surface area contributed by atoms with Crippen LogP contribution in [0.25, 0.3) is 0 Å². The van der Waals surface area contributed by atoms with E-state index in [-0.39, 0.29) is 5.76 Å². The molecule has 2 aliphatic rings. The Hall–Kier alpha value is -1.29. The molecular formula is C15H21NO3. The van der Waals surface area contributed by atoms with Crippen LogP contribution in [-0.4, -0.2) is 17.6 Å². The van der Waals surface area contributed by atoms with Gasteiger partial charge in [0, 0.05) is 12.1 Å². The molecule has 1 aromatic rings. The first kappa shape index (κ1) is 12.7. The number of carboxylic acids is 1. The van der Waals surface area contributed by atoms with Crippen LogP contribution in [0.4, 0.5) is 0 Å². The summed E-state index contributed by atoms with van der Waals surface area (Å²) in [5, 5.41) is 12.4. The topological polar surface area (TPSA) is 62.5 Å². The summed E-state index contributed by atoms with van der Waals surface area (Å²) in [6, 6.07) is 1.63. The molecule has 0 spiro atoms. The zero-order valence-corrected chi connectivity index (χ0v) is 11.3. The van der Waals surface area contributed by atoms with Crippen molar-refractivity contribution in [1.82, 2.24) is 5.32 Å². The summed E-state index contributed by atoms with van der Waals surface area (Å²) in [6.45, 7) is 3.59. The van der Waals surface area contributed by atoms with Gasteiger partial charge in [-0.05, 0) is 63.0 Å². The van der Waals surface area contributed by atoms with Gasteiger partial charge in [-0.3, -0.25) is 0 Å². The van der Waals surface area contributed by atoms with E-state index in [9.17, 15) is 4.79 Å². The minimum atomic E-state index is -0.997. The summed E-state index contributed by atoms with van der Waals surface area (Å²) >= 11 is 0. The van der Waals surface area contributed by atoms with Crippen LogP contribution in [-0.2, 0) is 6.54 Å². The van der Waals surface area contributed by atoms with Gasteiger partial charge in [-0.1, -0.05) is 0 Å². The van der Waals surface area contributed by atoms with Gasteiger partial charge in [-0.2, -0.15) is 0 Å². The van der Waals surface area contributed by atoms with Crippen molar-refractivity contribution in [3.8, 4) is 0 Å². The highest BCUT2D eigenvalue weighted by Gasteiger charge is 2.40. The van der Waals surface area contributed by atoms with E-state index >= 15 is 0 Å². The molecule has 104 valence electrons. The van der Waals surface area contributed by atoms with Crippen LogP contribution >= 0.6 is 0 Å². The van der Waals surface area contributed by atoms with Gasteiger partial charge in [-0.15, -0.1) is 0 Å². The van der Waals surface area contributed by atoms with Crippen LogP contribution in [0.5, 0.6) is 0 Å². The van der Waals surface area contributed by atoms with Crippen molar-refractivity contribution in [3.63, 3.8) is 0 Å². The molecule has 0 radical (unpaired) electrons. The molecule has 2 fully saturated rings. The molecule has 4 heteroatoms. The largest absolute Gasteiger partial charge is 0.475 e. The molecule has 0 saturated heterocycles. The quantitative estimate of drug-likeness (QED) is 0.794. The summed E-state index contributed by atoms with van der Waals surface area (Å²) in [5.74, 6) is 2.48. The summed E-state index contributed by atoms with van der Waals surface area (Å²) in [5.41, 5.74) is 0.961. The third-order valence-electron chi connectivity index (χ3n) is 4.38. The van der Waals surface area contributed by atoms with Gasteiger partial charge < -0.3 is 14.8 Å². The van der Waals surface area contributed by atoms with Crippen molar-refractivity contribution in [2.45, 2.75) is 39.2 Å². The summed E-state index contributed by atoms with van der Waals surface area (Å²) in [7, 11) is 0. The highest BCUT2D eigenvalue weighted by Crippen LogP contribution is 2.48. The zero-order valence-electron chi connectivity index (χ0n) is 11.3. The second kappa shape index (κ2) is 5.00. The molecule has 0 bridgehead atoms. The minimum absolute atomic E-state index is 0.0373. The normalized spacial score (nSPS) is 19.1. The SMILES string of the molecule is Cc1oc(C(=O)O)cc1CNCC(C1CC1)C1CC1. The lowest BCUT2D eigenvalue weighted by Crippen LogP contribution is -2.25. The smallest absolute Gasteiger partial charge is 0.371 e. The van der Waals surface area contributed by atoms with Crippen molar-refractivity contribution in [2.75, 3.05) is 6.54 Å². The number of carboxylic acid groups (broad SMARTS) is 1. The van der Waals surface area contributed by atoms with E-state index in [1.54, 1.807) is 6.07 Å². The fourth-order valence-corrected chi connectivity index (χ4v) is 2.94. The van der Waals surface area contributed by atoms with E-state index in [1.165, 1.54) is 25.7 Å². The molecule has 1 heterocycles. The molecule has 2 N–H and O–H groups in total. The first-order chi connectivity index (χ1) is 9.15. The Kier molecular flexibility index (Phi) is 3.35. The maximum atomic E-state index is 10.8. The van der Waals surface area contributed by atoms with Crippen LogP contribution in [0.15, 0.2) is 10.5 Å². The molecule has 0 aromatic carbocycles. The lowest BCUT2D eigenvalue weighted by atomic mass is 9.98. The first-order valence-electron chi connectivity index (χ1n) is 7.18. The van der Waals surface area contributed by atoms with Crippen LogP contribution < -0.4 is 5.32 Å². The number of aryl methyl sites for hydroxylation is 1. The number of furan rings is 1. The molecule has 0 atom stereocenters. The third kappa shape index (κ3) is 3.00. The Morgan fingerprint density at radius 1 is 1.42 bits per heavy atom. The number of rotatable bonds is 7. The highest BCUT2D eigenvalue weighted by atomic mass is 16.4. The maximum Gasteiger partial charge on any atom is 0.371 e. The Morgan fingerprint density at radius 2 is 2.05 bits per heavy atom. The molecular weight excluding hydrogens is 242 g/mol. The molecule has 0 amide bonds. The minimum Gasteiger partial charge on any atom is -0.475 e. The molecule has 0 aliphatic heterocycles. The second-order valence-electron chi connectivity index (χ2n) is 5.97. The first-order valence-corrected chi connectivity index (χ1v) is 7.18. The summed E-state index contributed by atoms with van der Waals surface area (Å²) < 4.78 is 5.21. The Labute approximate surface area is 113 Å². The van der Waals surface area contributed by atoms with Crippen LogP contribution in [0.1, 0.15) is 47.6 Å². The molecule has 0 unspecified atom stereocenters. The highest BCUT2D eigenvalue weighted by molar-refractivity contribution is 5.84. The van der Waals surface area contributed by atoms with Crippen LogP contribution in [0, 0.1) is 24.7 Å². The third-order valence-corrected chi connectivity index (χ3v) is 4.38. The zero-order chi connectivity index (χ0) is 13.4. The Bertz CT molecular complexity index is 460. The molecule has 2 aliphatic carbocycles. The molecule has 1 aromatic heterocycles. The average Bonchev–Trinajstić information content (AvgIpc) is 3.25. The lowest BCUT2D eigenvalue weighted by molar-refractivity contribution is 0.0661. The van der Waals surface area contributed by atoms with Crippen LogP contribution in [0.3, 0.4) is 0 Å². The van der Waals surface area contributed by atoms with Gasteiger partial charge in [0.2, 0.25) is 5.76 Å². The number of aromatic carboxylic acids is 1. The predicted molar refractivity (Wildman–Crippen MR) is 71.0 cm³/mol. The number of hydrogen-bond acceptors (Lipinski definition) is 3. The lowest BCUT2D eigenvalue weighted by Gasteiger charge is -2.15. The molecule has 3 rings (SSSR count). The van der Waals surface area contributed by atoms with Gasteiger partial charge in [0.1, 0.15) is 5.76 Å². The van der Waals surface area contributed by atoms with E-state index in [1.807, 2.05) is 6.92 Å². The fourth-order valence-electron chi connectivity index (χ4n) is 2.94. The Morgan fingerprint density at radius 3 is 2.53 bits per heavy atom. The van der Waals surface area contributed by atoms with Gasteiger partial charge in [0.05, 0.1) is 0 Å². The monoisotopic (exact) mass is 263 g/mol. The average molecular weight is 263 g/mol. The van der Waals surface area contributed by atoms with E-state index in [0.717, 1.165) is 29.9 Å². The van der Waals surface area contributed by atoms with E-state index in [4.69, 9.17) is 9.52 Å². The van der Waals surface area contributed by atoms with E-state index < -0.39 is 5.97 Å². The molecule has 19 heavy (non-hydrogen) atoms. The fraction of sp³-hybridized carbons (Fsp3) is 0.667. The number of carbonyl (C=O) groups is 1. The second-order valence-corrected chi connectivity index (χ2v) is 5.97. The van der Waals surface area contributed by atoms with Crippen molar-refractivity contribution in [1.29, 1.82) is 0 Å². The standard InChI is InChI=1S/C15H21NO3/c1-9-12(6-14(19-9)15(17)18)7-16-8-13(10-2-3-10)11-4-5-11/h6,10-11,13,16H,2-5,7-8H2,1H3,(H,17,18). The van der Waals surface area contributed by atoms with Crippen molar-refractivity contribution >= 4 is 5.97 Å². The molecule has 4 nitrogen and oxygen atoms in total. The van der Waals surface area contributed by atoms with Gasteiger partial charge >= 0.3 is 5.97 Å². The summed E-state index contributed by atoms with van der Waals surface area (Å²) in [4.78, 5) is 10.8. The van der Waals surface area contributed by atoms with E-state index in [2.05, 4.69) is 5.32 Å². The van der Waals surface area contributed by atoms with Crippen molar-refractivity contribution in [2.24, 2.45) is 17.8 Å². The van der Waals surface area contributed by atoms with Gasteiger partial charge in [0.25, 0.3) is 0 Å². The van der Waals surface area contributed by atoms with Crippen LogP contribution in [0.2, 0.25) is 0 Å². The number of nitrogens with one attached hydrogen (secondary N) is 1. The number of hydrogen-bond donors (Lipinski definition) is 2. The van der Waals surface area contributed by atoms with Crippen molar-refractivity contribution < 1.29 is 14.3 Å². The summed E-state index contributed by atoms with van der Waals surface area (Å²) in [6.07, 6.45) is 5.60. The molecule has 2 saturated carbocycles. The van der Waals surface area contributed by atoms with Gasteiger partial charge in [0.15, 0.2) is 0 Å². The maximum absolute atomic E-state index is 10.8. The van der Waals surface area contributed by atoms with E-state index in [0.29, 0.717) is 12.3 Å². The Balaban J connectivity index is 1.52.